The van der Waals surface area contributed by atoms with E-state index < -0.39 is 25.7 Å². The zero-order chi connectivity index (χ0) is 25.7. The molecule has 1 saturated heterocycles. The normalized spacial score (nSPS) is 19.6. The number of morpholine rings is 1. The molecule has 4 rings (SSSR count). The number of aromatic nitrogens is 3. The van der Waals surface area contributed by atoms with Crippen molar-refractivity contribution in [3.8, 4) is 0 Å². The first-order chi connectivity index (χ1) is 17.4. The third-order valence-electron chi connectivity index (χ3n) is 6.24. The van der Waals surface area contributed by atoms with Crippen molar-refractivity contribution in [1.29, 1.82) is 0 Å². The number of nitrogens with one attached hydrogen (secondary N) is 1. The zero-order valence-electron chi connectivity index (χ0n) is 20.8. The smallest absolute Gasteiger partial charge is 0.177 e. The predicted molar refractivity (Wildman–Crippen MR) is 129 cm³/mol. The van der Waals surface area contributed by atoms with Gasteiger partial charge in [-0.05, 0) is 55.4 Å². The van der Waals surface area contributed by atoms with E-state index in [4.69, 9.17) is 9.47 Å². The van der Waals surface area contributed by atoms with E-state index in [2.05, 4.69) is 20.3 Å². The van der Waals surface area contributed by atoms with Gasteiger partial charge in [0.2, 0.25) is 0 Å². The van der Waals surface area contributed by atoms with Crippen LogP contribution in [0.3, 0.4) is 0 Å². The van der Waals surface area contributed by atoms with Gasteiger partial charge in [-0.25, -0.2) is 13.2 Å². The molecule has 3 atom stereocenters. The first-order valence-electron chi connectivity index (χ1n) is 11.9. The molecule has 0 spiro atoms. The molecular weight excluding hydrogens is 471 g/mol. The number of hydrogen-bond donors (Lipinski definition) is 1. The highest BCUT2D eigenvalue weighted by atomic mass is 19.1. The van der Waals surface area contributed by atoms with Crippen LogP contribution < -0.4 is 0 Å². The van der Waals surface area contributed by atoms with E-state index in [0.29, 0.717) is 42.9 Å². The molecule has 36 heavy (non-hydrogen) atoms. The van der Waals surface area contributed by atoms with Gasteiger partial charge in [-0.1, -0.05) is 30.3 Å². The van der Waals surface area contributed by atoms with Crippen LogP contribution >= 0.6 is 0 Å². The van der Waals surface area contributed by atoms with Gasteiger partial charge >= 0.3 is 0 Å². The van der Waals surface area contributed by atoms with Crippen molar-refractivity contribution in [3.05, 3.63) is 81.9 Å². The third-order valence-corrected chi connectivity index (χ3v) is 6.24. The van der Waals surface area contributed by atoms with Gasteiger partial charge in [0.1, 0.15) is 30.6 Å². The molecule has 1 aromatic heterocycles. The molecule has 2 unspecified atom stereocenters. The van der Waals surface area contributed by atoms with E-state index >= 15 is 0 Å². The summed E-state index contributed by atoms with van der Waals surface area (Å²) in [6.45, 7) is 2.60. The van der Waals surface area contributed by atoms with Crippen LogP contribution in [0.1, 0.15) is 52.7 Å². The van der Waals surface area contributed by atoms with E-state index in [1.54, 1.807) is 24.3 Å². The number of halogens is 3. The molecule has 1 fully saturated rings. The topological polar surface area (TPSA) is 66.5 Å². The van der Waals surface area contributed by atoms with E-state index in [-0.39, 0.29) is 11.9 Å². The quantitative estimate of drug-likeness (QED) is 0.436. The van der Waals surface area contributed by atoms with Crippen molar-refractivity contribution in [1.82, 2.24) is 25.2 Å². The van der Waals surface area contributed by atoms with Crippen LogP contribution in [0.2, 0.25) is 0 Å². The summed E-state index contributed by atoms with van der Waals surface area (Å²) in [5.74, 6) is -0.334. The molecule has 1 N–H and O–H groups in total. The van der Waals surface area contributed by atoms with Gasteiger partial charge in [-0.2, -0.15) is 15.4 Å². The molecule has 0 saturated carbocycles. The van der Waals surface area contributed by atoms with E-state index in [1.165, 1.54) is 18.2 Å². The molecular formula is C26H32F3N5O2. The Balaban J connectivity index is 1.61. The summed E-state index contributed by atoms with van der Waals surface area (Å²) < 4.78 is 52.9. The van der Waals surface area contributed by atoms with Crippen molar-refractivity contribution in [2.75, 3.05) is 27.2 Å². The van der Waals surface area contributed by atoms with Gasteiger partial charge in [-0.3, -0.25) is 4.90 Å². The number of ether oxygens (including phenoxy) is 2. The minimum atomic E-state index is -0.703. The average molecular weight is 504 g/mol. The lowest BCUT2D eigenvalue weighted by Crippen LogP contribution is -2.46. The first kappa shape index (κ1) is 26.3. The lowest BCUT2D eigenvalue weighted by molar-refractivity contribution is -0.231. The minimum absolute atomic E-state index is 0.334. The van der Waals surface area contributed by atoms with Crippen LogP contribution in [0.25, 0.3) is 0 Å². The first-order valence-corrected chi connectivity index (χ1v) is 11.9. The summed E-state index contributed by atoms with van der Waals surface area (Å²) in [5.41, 5.74) is 3.95. The highest BCUT2D eigenvalue weighted by molar-refractivity contribution is 5.31. The fourth-order valence-corrected chi connectivity index (χ4v) is 4.49. The minimum Gasteiger partial charge on any atom is -0.349 e. The zero-order valence-corrected chi connectivity index (χ0v) is 20.8. The van der Waals surface area contributed by atoms with Crippen LogP contribution in [-0.4, -0.2) is 58.7 Å². The van der Waals surface area contributed by atoms with Crippen LogP contribution in [0.4, 0.5) is 13.2 Å². The molecule has 194 valence electrons. The van der Waals surface area contributed by atoms with Crippen molar-refractivity contribution in [3.63, 3.8) is 0 Å². The molecule has 0 aliphatic carbocycles. The van der Waals surface area contributed by atoms with Gasteiger partial charge in [0.05, 0.1) is 18.8 Å². The fraction of sp³-hybridized carbons (Fsp3) is 0.462. The number of nitrogens with zero attached hydrogens (tertiary/aromatic N) is 4. The molecule has 0 radical (unpaired) electrons. The van der Waals surface area contributed by atoms with Crippen LogP contribution in [-0.2, 0) is 35.9 Å². The van der Waals surface area contributed by atoms with Crippen LogP contribution in [0.5, 0.6) is 0 Å². The molecule has 1 aliphatic rings. The Morgan fingerprint density at radius 2 is 1.75 bits per heavy atom. The van der Waals surface area contributed by atoms with E-state index in [1.807, 2.05) is 25.9 Å². The van der Waals surface area contributed by atoms with Gasteiger partial charge in [0.25, 0.3) is 0 Å². The number of alkyl halides is 2. The van der Waals surface area contributed by atoms with Crippen molar-refractivity contribution in [2.24, 2.45) is 0 Å². The molecule has 0 amide bonds. The van der Waals surface area contributed by atoms with Gasteiger partial charge in [0.15, 0.2) is 6.29 Å². The Bertz CT molecular complexity index is 1100. The summed E-state index contributed by atoms with van der Waals surface area (Å²) in [7, 11) is 3.93. The molecule has 7 nitrogen and oxygen atoms in total. The van der Waals surface area contributed by atoms with Crippen molar-refractivity contribution in [2.45, 2.75) is 51.8 Å². The van der Waals surface area contributed by atoms with Crippen molar-refractivity contribution < 1.29 is 22.6 Å². The summed E-state index contributed by atoms with van der Waals surface area (Å²) in [5, 5.41) is 11.4. The monoisotopic (exact) mass is 503 g/mol. The maximum atomic E-state index is 13.7. The van der Waals surface area contributed by atoms with Gasteiger partial charge in [-0.15, -0.1) is 0 Å². The summed E-state index contributed by atoms with van der Waals surface area (Å²) in [6, 6.07) is 10.8. The number of rotatable bonds is 10. The third kappa shape index (κ3) is 6.31. The van der Waals surface area contributed by atoms with Gasteiger partial charge in [0, 0.05) is 19.6 Å². The Morgan fingerprint density at radius 1 is 1.08 bits per heavy atom. The number of H-pyrrole nitrogens is 1. The van der Waals surface area contributed by atoms with Crippen LogP contribution in [0, 0.1) is 5.82 Å². The Morgan fingerprint density at radius 3 is 2.39 bits per heavy atom. The Hall–Kier alpha value is -2.79. The second kappa shape index (κ2) is 12.0. The average Bonchev–Trinajstić information content (AvgIpc) is 3.30. The molecule has 2 heterocycles. The maximum Gasteiger partial charge on any atom is 0.177 e. The SMILES string of the molecule is C[C@@H](OC1OCCN(Cc2n[nH]nc2CN(C)C)C1c1ccc(F)cc1)c1cc(CF)cc(CF)c1. The lowest BCUT2D eigenvalue weighted by Gasteiger charge is -2.42. The number of hydrogen-bond acceptors (Lipinski definition) is 6. The van der Waals surface area contributed by atoms with E-state index in [9.17, 15) is 13.2 Å². The molecule has 2 aromatic carbocycles. The second-order valence-electron chi connectivity index (χ2n) is 9.29. The number of aromatic amines is 1. The molecule has 3 aromatic rings. The number of benzene rings is 2. The Labute approximate surface area is 209 Å². The largest absolute Gasteiger partial charge is 0.349 e. The second-order valence-corrected chi connectivity index (χ2v) is 9.29. The summed E-state index contributed by atoms with van der Waals surface area (Å²) >= 11 is 0. The molecule has 1 aliphatic heterocycles. The molecule has 10 heteroatoms. The lowest BCUT2D eigenvalue weighted by atomic mass is 10.0. The van der Waals surface area contributed by atoms with Crippen LogP contribution in [0.15, 0.2) is 42.5 Å². The standard InChI is InChI=1S/C26H32F3N5O2/c1-17(21-11-18(13-27)10-19(12-21)14-28)36-26-25(20-4-6-22(29)7-5-20)34(8-9-35-26)16-24-23(15-33(2)3)30-32-31-24/h4-7,10-12,17,25-26H,8-9,13-16H2,1-3H3,(H,30,31,32)/t17-,25?,26?/m1/s1. The fourth-order valence-electron chi connectivity index (χ4n) is 4.49. The predicted octanol–water partition coefficient (Wildman–Crippen LogP) is 4.62. The van der Waals surface area contributed by atoms with Crippen molar-refractivity contribution >= 4 is 0 Å². The summed E-state index contributed by atoms with van der Waals surface area (Å²) in [4.78, 5) is 4.19. The highest BCUT2D eigenvalue weighted by Gasteiger charge is 2.36. The van der Waals surface area contributed by atoms with Gasteiger partial charge < -0.3 is 14.4 Å². The Kier molecular flexibility index (Phi) is 8.73. The maximum absolute atomic E-state index is 13.7. The van der Waals surface area contributed by atoms with E-state index in [0.717, 1.165) is 17.0 Å². The highest BCUT2D eigenvalue weighted by Crippen LogP contribution is 2.35. The summed E-state index contributed by atoms with van der Waals surface area (Å²) in [6.07, 6.45) is -1.20. The molecule has 0 bridgehead atoms.